The largest absolute Gasteiger partial charge is 0.350 e. The summed E-state index contributed by atoms with van der Waals surface area (Å²) in [5, 5.41) is 2.88. The molecule has 1 aromatic rings. The van der Waals surface area contributed by atoms with E-state index in [1.54, 1.807) is 6.07 Å². The first-order valence-electron chi connectivity index (χ1n) is 5.85. The summed E-state index contributed by atoms with van der Waals surface area (Å²) in [6.07, 6.45) is 1.04. The van der Waals surface area contributed by atoms with E-state index in [9.17, 15) is 4.79 Å². The van der Waals surface area contributed by atoms with Crippen molar-refractivity contribution in [3.05, 3.63) is 29.6 Å². The van der Waals surface area contributed by atoms with Gasteiger partial charge in [0.05, 0.1) is 0 Å². The summed E-state index contributed by atoms with van der Waals surface area (Å²) in [6.45, 7) is 6.84. The number of pyridine rings is 1. The molecular formula is C13H19BrN2O. The van der Waals surface area contributed by atoms with Gasteiger partial charge in [0, 0.05) is 17.1 Å². The zero-order valence-electron chi connectivity index (χ0n) is 10.5. The number of nitrogens with zero attached hydrogens (tertiary/aromatic N) is 1. The maximum Gasteiger partial charge on any atom is 0.269 e. The van der Waals surface area contributed by atoms with Gasteiger partial charge in [-0.15, -0.1) is 0 Å². The van der Waals surface area contributed by atoms with Gasteiger partial charge < -0.3 is 5.32 Å². The van der Waals surface area contributed by atoms with Gasteiger partial charge in [-0.1, -0.05) is 35.8 Å². The van der Waals surface area contributed by atoms with Crippen molar-refractivity contribution in [2.45, 2.75) is 32.0 Å². The molecule has 0 aliphatic carbocycles. The number of carbonyl (C=O) groups is 1. The molecule has 0 spiro atoms. The fourth-order valence-electron chi connectivity index (χ4n) is 1.56. The van der Waals surface area contributed by atoms with E-state index in [1.807, 2.05) is 19.1 Å². The lowest BCUT2D eigenvalue weighted by atomic mass is 10.1. The first kappa shape index (κ1) is 14.2. The predicted molar refractivity (Wildman–Crippen MR) is 73.5 cm³/mol. The molecule has 4 heteroatoms. The van der Waals surface area contributed by atoms with Crippen LogP contribution in [0.3, 0.4) is 0 Å². The highest BCUT2D eigenvalue weighted by Gasteiger charge is 2.11. The van der Waals surface area contributed by atoms with Crippen LogP contribution in [0.4, 0.5) is 0 Å². The minimum absolute atomic E-state index is 0.109. The number of carbonyl (C=O) groups excluding carboxylic acids is 1. The molecule has 0 fully saturated rings. The number of rotatable bonds is 5. The second-order valence-electron chi connectivity index (χ2n) is 4.60. The molecule has 1 N–H and O–H groups in total. The van der Waals surface area contributed by atoms with Gasteiger partial charge in [-0.3, -0.25) is 4.79 Å². The van der Waals surface area contributed by atoms with Crippen LogP contribution in [0.15, 0.2) is 18.2 Å². The molecule has 1 unspecified atom stereocenters. The number of aryl methyl sites for hydroxylation is 1. The summed E-state index contributed by atoms with van der Waals surface area (Å²) in [6, 6.07) is 5.45. The van der Waals surface area contributed by atoms with E-state index >= 15 is 0 Å². The Bertz CT molecular complexity index is 379. The van der Waals surface area contributed by atoms with E-state index < -0.39 is 0 Å². The summed E-state index contributed by atoms with van der Waals surface area (Å²) in [7, 11) is 0. The molecule has 0 saturated carbocycles. The molecule has 3 nitrogen and oxygen atoms in total. The standard InChI is InChI=1S/C13H19BrN2O/c1-9(2)7-11(14)8-15-13(17)12-6-4-5-10(3)16-12/h4-6,9,11H,7-8H2,1-3H3,(H,15,17). The minimum atomic E-state index is -0.109. The lowest BCUT2D eigenvalue weighted by Gasteiger charge is -2.13. The Morgan fingerprint density at radius 2 is 2.18 bits per heavy atom. The maximum absolute atomic E-state index is 11.8. The van der Waals surface area contributed by atoms with Gasteiger partial charge in [0.1, 0.15) is 5.69 Å². The Balaban J connectivity index is 2.45. The van der Waals surface area contributed by atoms with Crippen LogP contribution in [0.2, 0.25) is 0 Å². The van der Waals surface area contributed by atoms with Gasteiger partial charge >= 0.3 is 0 Å². The number of hydrogen-bond donors (Lipinski definition) is 1. The van der Waals surface area contributed by atoms with Gasteiger partial charge in [-0.25, -0.2) is 4.98 Å². The Labute approximate surface area is 111 Å². The van der Waals surface area contributed by atoms with E-state index in [1.165, 1.54) is 0 Å². The smallest absolute Gasteiger partial charge is 0.269 e. The molecule has 0 aromatic carbocycles. The number of amides is 1. The summed E-state index contributed by atoms with van der Waals surface area (Å²) < 4.78 is 0. The zero-order valence-corrected chi connectivity index (χ0v) is 12.1. The van der Waals surface area contributed by atoms with Crippen molar-refractivity contribution in [3.63, 3.8) is 0 Å². The summed E-state index contributed by atoms with van der Waals surface area (Å²) in [5.74, 6) is 0.510. The number of aromatic nitrogens is 1. The van der Waals surface area contributed by atoms with E-state index in [0.717, 1.165) is 12.1 Å². The van der Waals surface area contributed by atoms with Gasteiger partial charge in [0.25, 0.3) is 5.91 Å². The van der Waals surface area contributed by atoms with E-state index in [4.69, 9.17) is 0 Å². The van der Waals surface area contributed by atoms with Crippen molar-refractivity contribution in [2.75, 3.05) is 6.54 Å². The third-order valence-electron chi connectivity index (χ3n) is 2.33. The summed E-state index contributed by atoms with van der Waals surface area (Å²) in [5.41, 5.74) is 1.34. The van der Waals surface area contributed by atoms with Crippen molar-refractivity contribution >= 4 is 21.8 Å². The fourth-order valence-corrected chi connectivity index (χ4v) is 2.47. The Kier molecular flexibility index (Phi) is 5.62. The fraction of sp³-hybridized carbons (Fsp3) is 0.538. The molecule has 0 aliphatic heterocycles. The predicted octanol–water partition coefficient (Wildman–Crippen LogP) is 2.93. The van der Waals surface area contributed by atoms with Crippen molar-refractivity contribution in [2.24, 2.45) is 5.92 Å². The monoisotopic (exact) mass is 298 g/mol. The molecule has 0 aliphatic rings. The van der Waals surface area contributed by atoms with Crippen LogP contribution in [0.25, 0.3) is 0 Å². The third kappa shape index (κ3) is 5.31. The summed E-state index contributed by atoms with van der Waals surface area (Å²) >= 11 is 3.56. The lowest BCUT2D eigenvalue weighted by molar-refractivity contribution is 0.0948. The molecule has 1 atom stereocenters. The second-order valence-corrected chi connectivity index (χ2v) is 5.90. The highest BCUT2D eigenvalue weighted by atomic mass is 79.9. The first-order valence-corrected chi connectivity index (χ1v) is 6.76. The van der Waals surface area contributed by atoms with Crippen molar-refractivity contribution in [1.29, 1.82) is 0 Å². The highest BCUT2D eigenvalue weighted by molar-refractivity contribution is 9.09. The summed E-state index contributed by atoms with van der Waals surface area (Å²) in [4.78, 5) is 16.3. The van der Waals surface area contributed by atoms with Crippen LogP contribution in [0, 0.1) is 12.8 Å². The lowest BCUT2D eigenvalue weighted by Crippen LogP contribution is -2.30. The van der Waals surface area contributed by atoms with E-state index in [-0.39, 0.29) is 5.91 Å². The van der Waals surface area contributed by atoms with Crippen LogP contribution in [-0.4, -0.2) is 22.3 Å². The average molecular weight is 299 g/mol. The van der Waals surface area contributed by atoms with Crippen LogP contribution in [0.1, 0.15) is 36.5 Å². The normalized spacial score (nSPS) is 12.5. The van der Waals surface area contributed by atoms with E-state index in [0.29, 0.717) is 23.0 Å². The number of halogens is 1. The molecule has 1 amide bonds. The second kappa shape index (κ2) is 6.74. The van der Waals surface area contributed by atoms with Crippen LogP contribution in [0.5, 0.6) is 0 Å². The first-order chi connectivity index (χ1) is 7.99. The SMILES string of the molecule is Cc1cccc(C(=O)NCC(Br)CC(C)C)n1. The van der Waals surface area contributed by atoms with Gasteiger partial charge in [0.2, 0.25) is 0 Å². The van der Waals surface area contributed by atoms with Crippen molar-refractivity contribution in [1.82, 2.24) is 10.3 Å². The van der Waals surface area contributed by atoms with Crippen molar-refractivity contribution in [3.8, 4) is 0 Å². The maximum atomic E-state index is 11.8. The van der Waals surface area contributed by atoms with Crippen LogP contribution < -0.4 is 5.32 Å². The van der Waals surface area contributed by atoms with Crippen LogP contribution in [-0.2, 0) is 0 Å². The molecule has 0 saturated heterocycles. The number of nitrogens with one attached hydrogen (secondary N) is 1. The Morgan fingerprint density at radius 1 is 1.47 bits per heavy atom. The third-order valence-corrected chi connectivity index (χ3v) is 3.03. The van der Waals surface area contributed by atoms with Gasteiger partial charge in [-0.2, -0.15) is 0 Å². The zero-order chi connectivity index (χ0) is 12.8. The Morgan fingerprint density at radius 3 is 2.76 bits per heavy atom. The molecular weight excluding hydrogens is 280 g/mol. The Hall–Kier alpha value is -0.900. The van der Waals surface area contributed by atoms with Gasteiger partial charge in [-0.05, 0) is 31.4 Å². The molecule has 1 heterocycles. The molecule has 17 heavy (non-hydrogen) atoms. The highest BCUT2D eigenvalue weighted by Crippen LogP contribution is 2.11. The number of hydrogen-bond acceptors (Lipinski definition) is 2. The topological polar surface area (TPSA) is 42.0 Å². The van der Waals surface area contributed by atoms with E-state index in [2.05, 4.69) is 40.1 Å². The molecule has 0 radical (unpaired) electrons. The molecule has 94 valence electrons. The van der Waals surface area contributed by atoms with Crippen molar-refractivity contribution < 1.29 is 4.79 Å². The minimum Gasteiger partial charge on any atom is -0.350 e. The average Bonchev–Trinajstić information content (AvgIpc) is 2.25. The quantitative estimate of drug-likeness (QED) is 0.849. The van der Waals surface area contributed by atoms with Crippen LogP contribution >= 0.6 is 15.9 Å². The van der Waals surface area contributed by atoms with Gasteiger partial charge in [0.15, 0.2) is 0 Å². The molecule has 0 bridgehead atoms. The molecule has 1 rings (SSSR count). The number of alkyl halides is 1. The molecule has 1 aromatic heterocycles.